The number of benzene rings is 2. The predicted octanol–water partition coefficient (Wildman–Crippen LogP) is 10.2. The van der Waals surface area contributed by atoms with Crippen LogP contribution in [0.1, 0.15) is 126 Å². The van der Waals surface area contributed by atoms with E-state index < -0.39 is 5.97 Å². The van der Waals surface area contributed by atoms with Crippen molar-refractivity contribution in [3.8, 4) is 0 Å². The predicted molar refractivity (Wildman–Crippen MR) is 164 cm³/mol. The van der Waals surface area contributed by atoms with Crippen molar-refractivity contribution < 1.29 is 27.0 Å². The summed E-state index contributed by atoms with van der Waals surface area (Å²) in [5, 5.41) is 12.4. The Kier molecular flexibility index (Phi) is 24.9. The van der Waals surface area contributed by atoms with E-state index in [-0.39, 0.29) is 22.6 Å². The van der Waals surface area contributed by atoms with Crippen LogP contribution in [0.3, 0.4) is 0 Å². The van der Waals surface area contributed by atoms with Gasteiger partial charge in [-0.25, -0.2) is 4.79 Å². The average Bonchev–Trinajstić information content (AvgIpc) is 2.91. The number of thiocarbonyl (C=S) groups is 1. The number of carboxylic acid groups (broad SMARTS) is 1. The number of nitrogens with one attached hydrogen (secondary N) is 1. The number of hydrogen-bond donors (Lipinski definition) is 2. The molecule has 0 unspecified atom stereocenters. The molecular weight excluding hydrogens is 561 g/mol. The fourth-order valence-electron chi connectivity index (χ4n) is 4.16. The topological polar surface area (TPSA) is 49.3 Å². The number of rotatable bonds is 19. The first-order valence-corrected chi connectivity index (χ1v) is 15.1. The van der Waals surface area contributed by atoms with Crippen molar-refractivity contribution in [1.82, 2.24) is 5.32 Å². The minimum atomic E-state index is -0.934. The summed E-state index contributed by atoms with van der Waals surface area (Å²) >= 11 is 10.9. The van der Waals surface area contributed by atoms with Crippen molar-refractivity contribution >= 4 is 34.8 Å². The van der Waals surface area contributed by atoms with Gasteiger partial charge >= 0.3 is 5.97 Å². The van der Waals surface area contributed by atoms with Crippen LogP contribution < -0.4 is 5.32 Å². The number of aromatic carboxylic acids is 1. The first-order valence-electron chi connectivity index (χ1n) is 14.4. The molecule has 217 valence electrons. The van der Waals surface area contributed by atoms with Crippen LogP contribution in [0, 0.1) is 0 Å². The Labute approximate surface area is 253 Å². The second-order valence-electron chi connectivity index (χ2n) is 9.74. The van der Waals surface area contributed by atoms with Gasteiger partial charge in [0, 0.05) is 34.2 Å². The third kappa shape index (κ3) is 20.6. The molecule has 0 spiro atoms. The molecular formula is C32H48ClCuNO2S. The van der Waals surface area contributed by atoms with E-state index in [0.717, 1.165) is 17.1 Å². The molecule has 0 heterocycles. The fourth-order valence-corrected chi connectivity index (χ4v) is 4.52. The molecule has 1 radical (unpaired) electrons. The molecule has 0 fully saturated rings. The van der Waals surface area contributed by atoms with Gasteiger partial charge in [0.1, 0.15) is 4.99 Å². The smallest absolute Gasteiger partial charge is 0.335 e. The summed E-state index contributed by atoms with van der Waals surface area (Å²) < 4.78 is 0. The third-order valence-electron chi connectivity index (χ3n) is 6.44. The van der Waals surface area contributed by atoms with E-state index in [1.165, 1.54) is 115 Å². The van der Waals surface area contributed by atoms with Gasteiger partial charge in [0.15, 0.2) is 0 Å². The zero-order valence-corrected chi connectivity index (χ0v) is 25.7. The summed E-state index contributed by atoms with van der Waals surface area (Å²) in [6, 6.07) is 16.3. The molecule has 0 atom stereocenters. The first-order chi connectivity index (χ1) is 18.0. The number of halogens is 1. The molecule has 0 saturated carbocycles. The van der Waals surface area contributed by atoms with E-state index in [1.807, 2.05) is 18.2 Å². The van der Waals surface area contributed by atoms with Crippen molar-refractivity contribution in [1.29, 1.82) is 0 Å². The molecule has 0 saturated heterocycles. The second-order valence-corrected chi connectivity index (χ2v) is 10.6. The maximum Gasteiger partial charge on any atom is 0.335 e. The molecule has 2 N–H and O–H groups in total. The Morgan fingerprint density at radius 2 is 1.11 bits per heavy atom. The maximum absolute atomic E-state index is 10.3. The summed E-state index contributed by atoms with van der Waals surface area (Å²) in [7, 11) is 0. The van der Waals surface area contributed by atoms with Crippen LogP contribution in [0.4, 0.5) is 0 Å². The minimum absolute atomic E-state index is 0. The zero-order chi connectivity index (χ0) is 27.0. The molecule has 6 heteroatoms. The van der Waals surface area contributed by atoms with Crippen molar-refractivity contribution in [3.63, 3.8) is 0 Å². The normalized spacial score (nSPS) is 10.2. The van der Waals surface area contributed by atoms with E-state index in [0.29, 0.717) is 5.02 Å². The van der Waals surface area contributed by atoms with E-state index >= 15 is 0 Å². The Balaban J connectivity index is 0.00000104. The van der Waals surface area contributed by atoms with Crippen LogP contribution in [0.25, 0.3) is 0 Å². The van der Waals surface area contributed by atoms with Gasteiger partial charge in [-0.3, -0.25) is 0 Å². The van der Waals surface area contributed by atoms with Crippen molar-refractivity contribution in [2.24, 2.45) is 0 Å². The van der Waals surface area contributed by atoms with E-state index in [9.17, 15) is 4.79 Å². The SMILES string of the molecule is CCCCCCCCCCCCCCCCCCNC(=S)c1ccccc1.O=C(O)c1ccc(Cl)cc1.[Cu]. The molecule has 2 aromatic carbocycles. The quantitative estimate of drug-likeness (QED) is 0.0945. The first kappa shape index (κ1) is 36.6. The third-order valence-corrected chi connectivity index (χ3v) is 7.08. The van der Waals surface area contributed by atoms with Crippen LogP contribution in [0.2, 0.25) is 5.02 Å². The van der Waals surface area contributed by atoms with E-state index in [2.05, 4.69) is 24.4 Å². The molecule has 0 bridgehead atoms. The molecule has 0 aromatic heterocycles. The average molecular weight is 610 g/mol. The van der Waals surface area contributed by atoms with Crippen LogP contribution in [0.15, 0.2) is 54.6 Å². The molecule has 0 aliphatic rings. The van der Waals surface area contributed by atoms with E-state index in [4.69, 9.17) is 28.9 Å². The Morgan fingerprint density at radius 1 is 0.684 bits per heavy atom. The Morgan fingerprint density at radius 3 is 1.53 bits per heavy atom. The van der Waals surface area contributed by atoms with Gasteiger partial charge in [-0.1, -0.05) is 157 Å². The molecule has 0 aliphatic heterocycles. The van der Waals surface area contributed by atoms with Crippen molar-refractivity contribution in [2.45, 2.75) is 110 Å². The van der Waals surface area contributed by atoms with Gasteiger partial charge in [0.05, 0.1) is 5.56 Å². The second kappa shape index (κ2) is 25.9. The van der Waals surface area contributed by atoms with Gasteiger partial charge in [-0.15, -0.1) is 0 Å². The summed E-state index contributed by atoms with van der Waals surface area (Å²) in [6.45, 7) is 3.30. The Bertz CT molecular complexity index is 833. The Hall–Kier alpha value is -1.39. The van der Waals surface area contributed by atoms with Gasteiger partial charge in [-0.05, 0) is 30.7 Å². The molecule has 2 aromatic rings. The molecule has 2 rings (SSSR count). The van der Waals surface area contributed by atoms with Crippen molar-refractivity contribution in [2.75, 3.05) is 6.54 Å². The minimum Gasteiger partial charge on any atom is -0.478 e. The molecule has 3 nitrogen and oxygen atoms in total. The zero-order valence-electron chi connectivity index (χ0n) is 23.2. The van der Waals surface area contributed by atoms with Gasteiger partial charge in [0.25, 0.3) is 0 Å². The largest absolute Gasteiger partial charge is 0.478 e. The van der Waals surface area contributed by atoms with Crippen LogP contribution in [-0.2, 0) is 17.1 Å². The van der Waals surface area contributed by atoms with E-state index in [1.54, 1.807) is 12.1 Å². The van der Waals surface area contributed by atoms with Crippen LogP contribution in [-0.4, -0.2) is 22.6 Å². The standard InChI is InChI=1S/C25H43NS.C7H5ClO2.Cu/c1-2-3-4-5-6-7-8-9-10-11-12-13-14-15-16-20-23-26-25(27)24-21-18-17-19-22-24;8-6-3-1-5(2-4-6)7(9)10;/h17-19,21-22H,2-16,20,23H2,1H3,(H,26,27);1-4H,(H,9,10);. The monoisotopic (exact) mass is 608 g/mol. The summed E-state index contributed by atoms with van der Waals surface area (Å²) in [5.41, 5.74) is 1.38. The number of hydrogen-bond acceptors (Lipinski definition) is 2. The molecule has 0 amide bonds. The van der Waals surface area contributed by atoms with Crippen LogP contribution in [0.5, 0.6) is 0 Å². The number of unbranched alkanes of at least 4 members (excludes halogenated alkanes) is 15. The van der Waals surface area contributed by atoms with Gasteiger partial charge in [0.2, 0.25) is 0 Å². The summed E-state index contributed by atoms with van der Waals surface area (Å²) in [4.78, 5) is 11.2. The van der Waals surface area contributed by atoms with Crippen LogP contribution >= 0.6 is 23.8 Å². The van der Waals surface area contributed by atoms with Crippen molar-refractivity contribution in [3.05, 3.63) is 70.7 Å². The number of carboxylic acids is 1. The summed E-state index contributed by atoms with van der Waals surface area (Å²) in [5.74, 6) is -0.934. The maximum atomic E-state index is 10.3. The van der Waals surface area contributed by atoms with Gasteiger partial charge in [-0.2, -0.15) is 0 Å². The summed E-state index contributed by atoms with van der Waals surface area (Å²) in [6.07, 6.45) is 22.6. The number of carbonyl (C=O) groups is 1. The molecule has 0 aliphatic carbocycles. The molecule has 38 heavy (non-hydrogen) atoms. The van der Waals surface area contributed by atoms with Gasteiger partial charge < -0.3 is 10.4 Å². The fraction of sp³-hybridized carbons (Fsp3) is 0.562.